The van der Waals surface area contributed by atoms with E-state index in [0.717, 1.165) is 35.5 Å². The van der Waals surface area contributed by atoms with E-state index in [-0.39, 0.29) is 5.91 Å². The van der Waals surface area contributed by atoms with E-state index < -0.39 is 0 Å². The van der Waals surface area contributed by atoms with Crippen molar-refractivity contribution in [3.63, 3.8) is 0 Å². The SMILES string of the molecule is NC(=O)CC1CC2CC1C1C3C=CC(C3)C21. The molecule has 7 atom stereocenters. The third kappa shape index (κ3) is 1.01. The lowest BCUT2D eigenvalue weighted by atomic mass is 9.68. The fourth-order valence-electron chi connectivity index (χ4n) is 5.65. The number of amides is 1. The fourth-order valence-corrected chi connectivity index (χ4v) is 5.65. The summed E-state index contributed by atoms with van der Waals surface area (Å²) < 4.78 is 0. The highest BCUT2D eigenvalue weighted by Gasteiger charge is 2.60. The van der Waals surface area contributed by atoms with Crippen LogP contribution in [-0.2, 0) is 4.79 Å². The van der Waals surface area contributed by atoms with E-state index >= 15 is 0 Å². The molecule has 4 aliphatic rings. The minimum absolute atomic E-state index is 0.0900. The van der Waals surface area contributed by atoms with Gasteiger partial charge in [0.15, 0.2) is 0 Å². The van der Waals surface area contributed by atoms with Gasteiger partial charge in [0.05, 0.1) is 0 Å². The van der Waals surface area contributed by atoms with Gasteiger partial charge in [-0.25, -0.2) is 0 Å². The first-order chi connectivity index (χ1) is 7.74. The van der Waals surface area contributed by atoms with E-state index in [4.69, 9.17) is 5.73 Å². The number of hydrogen-bond donors (Lipinski definition) is 1. The van der Waals surface area contributed by atoms with E-state index in [9.17, 15) is 4.79 Å². The summed E-state index contributed by atoms with van der Waals surface area (Å²) >= 11 is 0. The maximum absolute atomic E-state index is 11.1. The molecule has 3 fully saturated rings. The second kappa shape index (κ2) is 2.91. The Kier molecular flexibility index (Phi) is 1.68. The van der Waals surface area contributed by atoms with Crippen molar-refractivity contribution in [3.8, 4) is 0 Å². The van der Waals surface area contributed by atoms with E-state index in [0.29, 0.717) is 12.3 Å². The molecule has 1 amide bonds. The summed E-state index contributed by atoms with van der Waals surface area (Å²) in [7, 11) is 0. The van der Waals surface area contributed by atoms with Crippen molar-refractivity contribution in [3.05, 3.63) is 12.2 Å². The molecule has 86 valence electrons. The van der Waals surface area contributed by atoms with E-state index in [1.54, 1.807) is 0 Å². The molecule has 4 rings (SSSR count). The van der Waals surface area contributed by atoms with Crippen LogP contribution in [0.4, 0.5) is 0 Å². The average Bonchev–Trinajstić information content (AvgIpc) is 2.93. The molecule has 0 aromatic heterocycles. The van der Waals surface area contributed by atoms with Crippen molar-refractivity contribution in [2.75, 3.05) is 0 Å². The van der Waals surface area contributed by atoms with Gasteiger partial charge in [0, 0.05) is 6.42 Å². The molecule has 0 saturated heterocycles. The quantitative estimate of drug-likeness (QED) is 0.557. The average molecular weight is 217 g/mol. The van der Waals surface area contributed by atoms with Crippen LogP contribution >= 0.6 is 0 Å². The highest BCUT2D eigenvalue weighted by molar-refractivity contribution is 5.74. The van der Waals surface area contributed by atoms with Gasteiger partial charge in [-0.3, -0.25) is 4.79 Å². The van der Waals surface area contributed by atoms with Gasteiger partial charge >= 0.3 is 0 Å². The molecule has 0 spiro atoms. The zero-order chi connectivity index (χ0) is 10.9. The molecule has 2 nitrogen and oxygen atoms in total. The molecule has 16 heavy (non-hydrogen) atoms. The minimum Gasteiger partial charge on any atom is -0.370 e. The predicted molar refractivity (Wildman–Crippen MR) is 61.2 cm³/mol. The molecule has 0 aromatic rings. The molecular weight excluding hydrogens is 198 g/mol. The molecule has 0 aliphatic heterocycles. The Morgan fingerprint density at radius 1 is 1.12 bits per heavy atom. The van der Waals surface area contributed by atoms with E-state index in [1.807, 2.05) is 0 Å². The molecule has 3 saturated carbocycles. The number of hydrogen-bond acceptors (Lipinski definition) is 1. The smallest absolute Gasteiger partial charge is 0.217 e. The third-order valence-corrected chi connectivity index (χ3v) is 5.87. The van der Waals surface area contributed by atoms with Crippen LogP contribution in [-0.4, -0.2) is 5.91 Å². The first-order valence-corrected chi connectivity index (χ1v) is 6.70. The Balaban J connectivity index is 1.61. The first kappa shape index (κ1) is 9.26. The fraction of sp³-hybridized carbons (Fsp3) is 0.786. The van der Waals surface area contributed by atoms with Crippen LogP contribution < -0.4 is 5.73 Å². The van der Waals surface area contributed by atoms with Crippen LogP contribution in [0.5, 0.6) is 0 Å². The van der Waals surface area contributed by atoms with Crippen LogP contribution in [0.2, 0.25) is 0 Å². The lowest BCUT2D eigenvalue weighted by Gasteiger charge is -2.36. The van der Waals surface area contributed by atoms with Crippen LogP contribution in [0.1, 0.15) is 25.7 Å². The second-order valence-corrected chi connectivity index (χ2v) is 6.43. The number of allylic oxidation sites excluding steroid dienone is 2. The van der Waals surface area contributed by atoms with Gasteiger partial charge < -0.3 is 5.73 Å². The zero-order valence-corrected chi connectivity index (χ0v) is 9.51. The van der Waals surface area contributed by atoms with Crippen molar-refractivity contribution < 1.29 is 4.79 Å². The van der Waals surface area contributed by atoms with E-state index in [2.05, 4.69) is 12.2 Å². The van der Waals surface area contributed by atoms with Gasteiger partial charge in [-0.15, -0.1) is 0 Å². The Labute approximate surface area is 96.3 Å². The monoisotopic (exact) mass is 217 g/mol. The number of primary amides is 1. The number of carbonyl (C=O) groups excluding carboxylic acids is 1. The lowest BCUT2D eigenvalue weighted by Crippen LogP contribution is -2.32. The van der Waals surface area contributed by atoms with Crippen molar-refractivity contribution >= 4 is 5.91 Å². The molecule has 0 aromatic carbocycles. The van der Waals surface area contributed by atoms with Crippen molar-refractivity contribution in [1.29, 1.82) is 0 Å². The normalized spacial score (nSPS) is 55.9. The highest BCUT2D eigenvalue weighted by atomic mass is 16.1. The van der Waals surface area contributed by atoms with Crippen molar-refractivity contribution in [2.24, 2.45) is 47.2 Å². The number of rotatable bonds is 2. The summed E-state index contributed by atoms with van der Waals surface area (Å²) in [6.45, 7) is 0. The van der Waals surface area contributed by atoms with Gasteiger partial charge in [-0.2, -0.15) is 0 Å². The van der Waals surface area contributed by atoms with Crippen molar-refractivity contribution in [2.45, 2.75) is 25.7 Å². The Hall–Kier alpha value is -0.790. The van der Waals surface area contributed by atoms with Gasteiger partial charge in [0.2, 0.25) is 5.91 Å². The van der Waals surface area contributed by atoms with Gasteiger partial charge in [-0.05, 0) is 60.7 Å². The maximum atomic E-state index is 11.1. The maximum Gasteiger partial charge on any atom is 0.217 e. The minimum atomic E-state index is -0.0900. The third-order valence-electron chi connectivity index (χ3n) is 5.87. The molecule has 2 N–H and O–H groups in total. The Morgan fingerprint density at radius 2 is 1.88 bits per heavy atom. The second-order valence-electron chi connectivity index (χ2n) is 6.43. The number of nitrogens with two attached hydrogens (primary N) is 1. The molecule has 0 heterocycles. The Morgan fingerprint density at radius 3 is 2.62 bits per heavy atom. The van der Waals surface area contributed by atoms with Crippen LogP contribution in [0.3, 0.4) is 0 Å². The van der Waals surface area contributed by atoms with Gasteiger partial charge in [-0.1, -0.05) is 12.2 Å². The first-order valence-electron chi connectivity index (χ1n) is 6.70. The van der Waals surface area contributed by atoms with Gasteiger partial charge in [0.1, 0.15) is 0 Å². The van der Waals surface area contributed by atoms with Gasteiger partial charge in [0.25, 0.3) is 0 Å². The van der Waals surface area contributed by atoms with Crippen molar-refractivity contribution in [1.82, 2.24) is 0 Å². The summed E-state index contributed by atoms with van der Waals surface area (Å²) in [5.74, 6) is 5.90. The molecular formula is C14H19NO. The zero-order valence-electron chi connectivity index (χ0n) is 9.51. The Bertz CT molecular complexity index is 375. The number of carbonyl (C=O) groups is 1. The molecule has 4 bridgehead atoms. The standard InChI is InChI=1S/C14H19NO/c15-12(16)6-9-4-10-5-11(9)14-8-2-1-7(3-8)13(10)14/h1-2,7-11,13-14H,3-6H2,(H2,15,16). The lowest BCUT2D eigenvalue weighted by molar-refractivity contribution is -0.119. The van der Waals surface area contributed by atoms with Crippen LogP contribution in [0.15, 0.2) is 12.2 Å². The predicted octanol–water partition coefficient (Wildman–Crippen LogP) is 1.96. The summed E-state index contributed by atoms with van der Waals surface area (Å²) in [4.78, 5) is 11.1. The summed E-state index contributed by atoms with van der Waals surface area (Å²) in [5.41, 5.74) is 5.36. The molecule has 0 radical (unpaired) electrons. The highest BCUT2D eigenvalue weighted by Crippen LogP contribution is 2.67. The summed E-state index contributed by atoms with van der Waals surface area (Å²) in [5, 5.41) is 0. The van der Waals surface area contributed by atoms with E-state index in [1.165, 1.54) is 19.3 Å². The van der Waals surface area contributed by atoms with Crippen LogP contribution in [0.25, 0.3) is 0 Å². The largest absolute Gasteiger partial charge is 0.370 e. The topological polar surface area (TPSA) is 43.1 Å². The molecule has 4 aliphatic carbocycles. The summed E-state index contributed by atoms with van der Waals surface area (Å²) in [6.07, 6.45) is 9.65. The molecule has 7 unspecified atom stereocenters. The molecule has 2 heteroatoms. The van der Waals surface area contributed by atoms with Crippen LogP contribution in [0, 0.1) is 41.4 Å². The summed E-state index contributed by atoms with van der Waals surface area (Å²) in [6, 6.07) is 0. The number of fused-ring (bicyclic) bond motifs is 9.